The molecular formula is C10H9F6NO2. The summed E-state index contributed by atoms with van der Waals surface area (Å²) in [5.41, 5.74) is 4.90. The highest BCUT2D eigenvalue weighted by atomic mass is 19.4. The minimum Gasteiger partial charge on any atom is -0.497 e. The molecule has 1 aromatic rings. The number of hydrogen-bond donors (Lipinski definition) is 1. The van der Waals surface area contributed by atoms with Gasteiger partial charge in [-0.1, -0.05) is 0 Å². The Balaban J connectivity index is 3.10. The van der Waals surface area contributed by atoms with E-state index >= 15 is 0 Å². The molecule has 0 saturated carbocycles. The quantitative estimate of drug-likeness (QED) is 0.686. The SMILES string of the molecule is COc1ccc(N)c(OC(C(F)(F)F)C(F)(F)F)c1. The third-order valence-corrected chi connectivity index (χ3v) is 2.06. The van der Waals surface area contributed by atoms with Crippen molar-refractivity contribution in [2.45, 2.75) is 18.5 Å². The average molecular weight is 289 g/mol. The molecule has 0 atom stereocenters. The Kier molecular flexibility index (Phi) is 4.06. The molecule has 1 aromatic carbocycles. The van der Waals surface area contributed by atoms with Crippen molar-refractivity contribution in [3.63, 3.8) is 0 Å². The van der Waals surface area contributed by atoms with E-state index in [4.69, 9.17) is 5.73 Å². The third kappa shape index (κ3) is 3.83. The molecule has 0 aliphatic heterocycles. The van der Waals surface area contributed by atoms with Gasteiger partial charge in [0, 0.05) is 6.07 Å². The zero-order valence-electron chi connectivity index (χ0n) is 9.47. The molecule has 0 unspecified atom stereocenters. The van der Waals surface area contributed by atoms with Gasteiger partial charge in [0.05, 0.1) is 12.8 Å². The van der Waals surface area contributed by atoms with Crippen LogP contribution in [0, 0.1) is 0 Å². The number of ether oxygens (including phenoxy) is 2. The maximum atomic E-state index is 12.3. The molecule has 0 bridgehead atoms. The summed E-state index contributed by atoms with van der Waals surface area (Å²) >= 11 is 0. The summed E-state index contributed by atoms with van der Waals surface area (Å²) in [5.74, 6) is -0.730. The monoisotopic (exact) mass is 289 g/mol. The molecule has 0 spiro atoms. The average Bonchev–Trinajstić information content (AvgIpc) is 2.24. The summed E-state index contributed by atoms with van der Waals surface area (Å²) in [6, 6.07) is 3.20. The number of anilines is 1. The number of methoxy groups -OCH3 is 1. The van der Waals surface area contributed by atoms with Crippen LogP contribution in [0.25, 0.3) is 0 Å². The van der Waals surface area contributed by atoms with E-state index in [1.165, 1.54) is 13.2 Å². The Labute approximate surface area is 103 Å². The van der Waals surface area contributed by atoms with Crippen LogP contribution in [0.1, 0.15) is 0 Å². The van der Waals surface area contributed by atoms with Crippen molar-refractivity contribution in [1.29, 1.82) is 0 Å². The first-order valence-electron chi connectivity index (χ1n) is 4.79. The van der Waals surface area contributed by atoms with Crippen molar-refractivity contribution in [1.82, 2.24) is 0 Å². The van der Waals surface area contributed by atoms with E-state index in [1.807, 2.05) is 0 Å². The predicted octanol–water partition coefficient (Wildman–Crippen LogP) is 3.15. The number of rotatable bonds is 3. The van der Waals surface area contributed by atoms with E-state index in [-0.39, 0.29) is 11.4 Å². The van der Waals surface area contributed by atoms with E-state index in [0.29, 0.717) is 0 Å². The molecule has 0 saturated heterocycles. The van der Waals surface area contributed by atoms with Crippen LogP contribution in [-0.2, 0) is 0 Å². The van der Waals surface area contributed by atoms with Gasteiger partial charge in [0.1, 0.15) is 11.5 Å². The van der Waals surface area contributed by atoms with Crippen LogP contribution < -0.4 is 15.2 Å². The second-order valence-corrected chi connectivity index (χ2v) is 3.48. The van der Waals surface area contributed by atoms with Crippen molar-refractivity contribution in [3.05, 3.63) is 18.2 Å². The predicted molar refractivity (Wildman–Crippen MR) is 53.9 cm³/mol. The first-order valence-corrected chi connectivity index (χ1v) is 4.79. The fourth-order valence-corrected chi connectivity index (χ4v) is 1.19. The van der Waals surface area contributed by atoms with Gasteiger partial charge in [0.25, 0.3) is 6.10 Å². The van der Waals surface area contributed by atoms with Crippen LogP contribution in [0.5, 0.6) is 11.5 Å². The molecular weight excluding hydrogens is 280 g/mol. The zero-order chi connectivity index (χ0) is 14.8. The van der Waals surface area contributed by atoms with Gasteiger partial charge in [-0.2, -0.15) is 26.3 Å². The van der Waals surface area contributed by atoms with Gasteiger partial charge in [-0.15, -0.1) is 0 Å². The van der Waals surface area contributed by atoms with E-state index in [1.54, 1.807) is 0 Å². The van der Waals surface area contributed by atoms with E-state index in [2.05, 4.69) is 9.47 Å². The molecule has 2 N–H and O–H groups in total. The zero-order valence-corrected chi connectivity index (χ0v) is 9.47. The molecule has 0 aliphatic carbocycles. The van der Waals surface area contributed by atoms with Crippen LogP contribution in [-0.4, -0.2) is 25.6 Å². The Morgan fingerprint density at radius 1 is 1.05 bits per heavy atom. The summed E-state index contributed by atoms with van der Waals surface area (Å²) in [5, 5.41) is 0. The second kappa shape index (κ2) is 5.06. The van der Waals surface area contributed by atoms with Crippen LogP contribution in [0.2, 0.25) is 0 Å². The molecule has 0 radical (unpaired) electrons. The van der Waals surface area contributed by atoms with Crippen molar-refractivity contribution in [2.75, 3.05) is 12.8 Å². The molecule has 0 fully saturated rings. The van der Waals surface area contributed by atoms with Crippen molar-refractivity contribution >= 4 is 5.69 Å². The first kappa shape index (κ1) is 15.3. The van der Waals surface area contributed by atoms with Gasteiger partial charge in [-0.3, -0.25) is 0 Å². The van der Waals surface area contributed by atoms with E-state index in [9.17, 15) is 26.3 Å². The topological polar surface area (TPSA) is 44.5 Å². The van der Waals surface area contributed by atoms with Crippen molar-refractivity contribution in [2.24, 2.45) is 0 Å². The molecule has 0 aromatic heterocycles. The number of benzene rings is 1. The normalized spacial score (nSPS) is 12.6. The fourth-order valence-electron chi connectivity index (χ4n) is 1.19. The Morgan fingerprint density at radius 3 is 2.00 bits per heavy atom. The third-order valence-electron chi connectivity index (χ3n) is 2.06. The van der Waals surface area contributed by atoms with E-state index < -0.39 is 24.2 Å². The molecule has 0 amide bonds. The Hall–Kier alpha value is -1.80. The van der Waals surface area contributed by atoms with Gasteiger partial charge in [0.2, 0.25) is 0 Å². The lowest BCUT2D eigenvalue weighted by molar-refractivity contribution is -0.299. The van der Waals surface area contributed by atoms with E-state index in [0.717, 1.165) is 12.1 Å². The smallest absolute Gasteiger partial charge is 0.434 e. The number of nitrogens with two attached hydrogens (primary N) is 1. The van der Waals surface area contributed by atoms with Gasteiger partial charge in [0.15, 0.2) is 0 Å². The summed E-state index contributed by atoms with van der Waals surface area (Å²) in [7, 11) is 1.19. The lowest BCUT2D eigenvalue weighted by Crippen LogP contribution is -2.46. The minimum absolute atomic E-state index is 0.0206. The maximum Gasteiger partial charge on any atom is 0.434 e. The van der Waals surface area contributed by atoms with Gasteiger partial charge in [-0.25, -0.2) is 0 Å². The summed E-state index contributed by atoms with van der Waals surface area (Å²) in [6.45, 7) is 0. The standard InChI is InChI=1S/C10H9F6NO2/c1-18-5-2-3-6(17)7(4-5)19-8(9(11,12)13)10(14,15)16/h2-4,8H,17H2,1H3. The minimum atomic E-state index is -5.60. The highest BCUT2D eigenvalue weighted by molar-refractivity contribution is 5.55. The maximum absolute atomic E-state index is 12.3. The molecule has 1 rings (SSSR count). The Bertz CT molecular complexity index is 429. The summed E-state index contributed by atoms with van der Waals surface area (Å²) in [4.78, 5) is 0. The number of alkyl halides is 6. The lowest BCUT2D eigenvalue weighted by Gasteiger charge is -2.24. The summed E-state index contributed by atoms with van der Waals surface area (Å²) in [6.07, 6.45) is -15.2. The second-order valence-electron chi connectivity index (χ2n) is 3.48. The van der Waals surface area contributed by atoms with Crippen LogP contribution in [0.15, 0.2) is 18.2 Å². The molecule has 0 heterocycles. The van der Waals surface area contributed by atoms with Gasteiger partial charge >= 0.3 is 12.4 Å². The van der Waals surface area contributed by atoms with Crippen LogP contribution in [0.4, 0.5) is 32.0 Å². The number of hydrogen-bond acceptors (Lipinski definition) is 3. The summed E-state index contributed by atoms with van der Waals surface area (Å²) < 4.78 is 82.4. The molecule has 3 nitrogen and oxygen atoms in total. The molecule has 108 valence electrons. The largest absolute Gasteiger partial charge is 0.497 e. The van der Waals surface area contributed by atoms with Crippen molar-refractivity contribution in [3.8, 4) is 11.5 Å². The fraction of sp³-hybridized carbons (Fsp3) is 0.400. The lowest BCUT2D eigenvalue weighted by atomic mass is 10.2. The first-order chi connectivity index (χ1) is 8.55. The Morgan fingerprint density at radius 2 is 1.58 bits per heavy atom. The molecule has 19 heavy (non-hydrogen) atoms. The number of halogens is 6. The number of nitrogen functional groups attached to an aromatic ring is 1. The van der Waals surface area contributed by atoms with Gasteiger partial charge < -0.3 is 15.2 Å². The molecule has 9 heteroatoms. The van der Waals surface area contributed by atoms with Crippen LogP contribution >= 0.6 is 0 Å². The highest BCUT2D eigenvalue weighted by Crippen LogP contribution is 2.38. The highest BCUT2D eigenvalue weighted by Gasteiger charge is 2.59. The van der Waals surface area contributed by atoms with Crippen molar-refractivity contribution < 1.29 is 35.8 Å². The molecule has 0 aliphatic rings. The van der Waals surface area contributed by atoms with Crippen LogP contribution in [0.3, 0.4) is 0 Å². The van der Waals surface area contributed by atoms with Gasteiger partial charge in [-0.05, 0) is 12.1 Å².